The predicted octanol–water partition coefficient (Wildman–Crippen LogP) is 1.36. The Balaban J connectivity index is 3.76. The summed E-state index contributed by atoms with van der Waals surface area (Å²) in [4.78, 5) is 12.3. The van der Waals surface area contributed by atoms with Gasteiger partial charge in [0.25, 0.3) is 0 Å². The molecule has 0 aliphatic rings. The summed E-state index contributed by atoms with van der Waals surface area (Å²) in [7, 11) is 1.88. The minimum absolute atomic E-state index is 0.0550. The molecule has 0 bridgehead atoms. The van der Waals surface area contributed by atoms with Crippen LogP contribution >= 0.6 is 0 Å². The van der Waals surface area contributed by atoms with Gasteiger partial charge in [-0.3, -0.25) is 4.79 Å². The minimum Gasteiger partial charge on any atom is -0.376 e. The summed E-state index contributed by atoms with van der Waals surface area (Å²) in [5.41, 5.74) is 2.65. The summed E-state index contributed by atoms with van der Waals surface area (Å²) in [6, 6.07) is 0. The standard InChI is InChI=1S/C9H13NO/c1-4-5-7-10(3)8-6-9(2)11/h5-6,8H,1,7H2,2-3H3/b8-6+. The highest BCUT2D eigenvalue weighted by atomic mass is 16.1. The van der Waals surface area contributed by atoms with Crippen molar-refractivity contribution in [3.05, 3.63) is 30.7 Å². The lowest BCUT2D eigenvalue weighted by atomic mass is 10.4. The third-order valence-corrected chi connectivity index (χ3v) is 1.09. The molecule has 0 heterocycles. The highest BCUT2D eigenvalue weighted by molar-refractivity contribution is 5.87. The molecule has 0 N–H and O–H groups in total. The fourth-order valence-electron chi connectivity index (χ4n) is 0.502. The van der Waals surface area contributed by atoms with E-state index in [-0.39, 0.29) is 5.78 Å². The lowest BCUT2D eigenvalue weighted by Crippen LogP contribution is -2.10. The average Bonchev–Trinajstić information content (AvgIpc) is 1.97. The van der Waals surface area contributed by atoms with E-state index < -0.39 is 0 Å². The van der Waals surface area contributed by atoms with Crippen LogP contribution in [-0.4, -0.2) is 24.3 Å². The molecule has 0 fully saturated rings. The summed E-state index contributed by atoms with van der Waals surface area (Å²) in [6.07, 6.45) is 5.05. The fourth-order valence-corrected chi connectivity index (χ4v) is 0.502. The number of rotatable bonds is 4. The second-order valence-electron chi connectivity index (χ2n) is 2.27. The van der Waals surface area contributed by atoms with Crippen LogP contribution in [-0.2, 0) is 4.79 Å². The van der Waals surface area contributed by atoms with Crippen LogP contribution in [0.1, 0.15) is 6.92 Å². The molecule has 0 atom stereocenters. The smallest absolute Gasteiger partial charge is 0.154 e. The van der Waals surface area contributed by atoms with Crippen LogP contribution < -0.4 is 0 Å². The zero-order valence-corrected chi connectivity index (χ0v) is 7.00. The monoisotopic (exact) mass is 151 g/mol. The van der Waals surface area contributed by atoms with Gasteiger partial charge in [0, 0.05) is 19.8 Å². The number of hydrogen-bond acceptors (Lipinski definition) is 2. The van der Waals surface area contributed by atoms with Crippen LogP contribution in [0.25, 0.3) is 0 Å². The largest absolute Gasteiger partial charge is 0.376 e. The maximum Gasteiger partial charge on any atom is 0.154 e. The van der Waals surface area contributed by atoms with Gasteiger partial charge >= 0.3 is 0 Å². The fraction of sp³-hybridized carbons (Fsp3) is 0.333. The van der Waals surface area contributed by atoms with E-state index in [1.807, 2.05) is 11.9 Å². The predicted molar refractivity (Wildman–Crippen MR) is 46.2 cm³/mol. The minimum atomic E-state index is 0.0550. The molecule has 0 amide bonds. The van der Waals surface area contributed by atoms with Crippen LogP contribution in [0.2, 0.25) is 0 Å². The highest BCUT2D eigenvalue weighted by Gasteiger charge is 1.86. The average molecular weight is 151 g/mol. The number of allylic oxidation sites excluding steroid dienone is 1. The van der Waals surface area contributed by atoms with Crippen molar-refractivity contribution in [2.24, 2.45) is 0 Å². The van der Waals surface area contributed by atoms with E-state index >= 15 is 0 Å². The molecule has 0 unspecified atom stereocenters. The Hall–Kier alpha value is -1.27. The van der Waals surface area contributed by atoms with Crippen LogP contribution in [0.4, 0.5) is 0 Å². The Bertz CT molecular complexity index is 200. The van der Waals surface area contributed by atoms with E-state index in [1.165, 1.54) is 13.0 Å². The van der Waals surface area contributed by atoms with Crippen molar-refractivity contribution in [2.75, 3.05) is 13.6 Å². The number of likely N-dealkylation sites (N-methyl/N-ethyl adjacent to an activating group) is 1. The Morgan fingerprint density at radius 3 is 2.82 bits per heavy atom. The van der Waals surface area contributed by atoms with Crippen LogP contribution in [0.3, 0.4) is 0 Å². The van der Waals surface area contributed by atoms with Crippen molar-refractivity contribution in [3.8, 4) is 0 Å². The van der Waals surface area contributed by atoms with E-state index in [0.29, 0.717) is 0 Å². The van der Waals surface area contributed by atoms with E-state index in [9.17, 15) is 4.79 Å². The molecule has 0 aromatic rings. The molecule has 0 saturated heterocycles. The number of hydrogen-bond donors (Lipinski definition) is 0. The van der Waals surface area contributed by atoms with Crippen molar-refractivity contribution in [2.45, 2.75) is 6.92 Å². The Labute approximate surface area is 67.5 Å². The van der Waals surface area contributed by atoms with Gasteiger partial charge in [0.2, 0.25) is 0 Å². The first-order valence-electron chi connectivity index (χ1n) is 3.40. The first-order valence-corrected chi connectivity index (χ1v) is 3.40. The van der Waals surface area contributed by atoms with Gasteiger partial charge in [-0.2, -0.15) is 0 Å². The molecule has 11 heavy (non-hydrogen) atoms. The van der Waals surface area contributed by atoms with Crippen molar-refractivity contribution in [3.63, 3.8) is 0 Å². The molecule has 0 saturated carbocycles. The molecule has 0 radical (unpaired) electrons. The number of nitrogens with zero attached hydrogens (tertiary/aromatic N) is 1. The molecule has 0 aromatic carbocycles. The van der Waals surface area contributed by atoms with E-state index in [1.54, 1.807) is 12.3 Å². The van der Waals surface area contributed by atoms with Crippen molar-refractivity contribution >= 4 is 5.78 Å². The van der Waals surface area contributed by atoms with Crippen molar-refractivity contribution < 1.29 is 4.79 Å². The van der Waals surface area contributed by atoms with Gasteiger partial charge < -0.3 is 4.90 Å². The van der Waals surface area contributed by atoms with Crippen LogP contribution in [0.15, 0.2) is 30.7 Å². The highest BCUT2D eigenvalue weighted by Crippen LogP contribution is 1.84. The van der Waals surface area contributed by atoms with Gasteiger partial charge in [-0.1, -0.05) is 6.58 Å². The maximum absolute atomic E-state index is 10.5. The molecule has 2 heteroatoms. The topological polar surface area (TPSA) is 20.3 Å². The Kier molecular flexibility index (Phi) is 4.87. The lowest BCUT2D eigenvalue weighted by Gasteiger charge is -2.08. The third-order valence-electron chi connectivity index (χ3n) is 1.09. The van der Waals surface area contributed by atoms with Crippen molar-refractivity contribution in [1.82, 2.24) is 4.90 Å². The third kappa shape index (κ3) is 6.62. The zero-order chi connectivity index (χ0) is 8.69. The molecule has 0 aromatic heterocycles. The molecule has 0 spiro atoms. The molecular formula is C9H13NO. The molecular weight excluding hydrogens is 138 g/mol. The van der Waals surface area contributed by atoms with E-state index in [0.717, 1.165) is 6.54 Å². The lowest BCUT2D eigenvalue weighted by molar-refractivity contribution is -0.112. The molecule has 0 aliphatic heterocycles. The number of ketones is 1. The maximum atomic E-state index is 10.5. The summed E-state index contributed by atoms with van der Waals surface area (Å²) in [5.74, 6) is 0.0550. The number of carbonyl (C=O) groups excluding carboxylic acids is 1. The molecule has 60 valence electrons. The normalized spacial score (nSPS) is 9.27. The van der Waals surface area contributed by atoms with Gasteiger partial charge in [-0.05, 0) is 19.1 Å². The van der Waals surface area contributed by atoms with Crippen LogP contribution in [0, 0.1) is 0 Å². The van der Waals surface area contributed by atoms with Gasteiger partial charge in [0.05, 0.1) is 0 Å². The summed E-state index contributed by atoms with van der Waals surface area (Å²) < 4.78 is 0. The Morgan fingerprint density at radius 2 is 2.36 bits per heavy atom. The van der Waals surface area contributed by atoms with Crippen molar-refractivity contribution in [1.29, 1.82) is 0 Å². The second kappa shape index (κ2) is 5.51. The molecule has 0 aliphatic carbocycles. The second-order valence-corrected chi connectivity index (χ2v) is 2.27. The quantitative estimate of drug-likeness (QED) is 0.446. The first-order chi connectivity index (χ1) is 5.16. The summed E-state index contributed by atoms with van der Waals surface area (Å²) in [6.45, 7) is 5.68. The van der Waals surface area contributed by atoms with Crippen LogP contribution in [0.5, 0.6) is 0 Å². The number of carbonyl (C=O) groups is 1. The zero-order valence-electron chi connectivity index (χ0n) is 7.00. The Morgan fingerprint density at radius 1 is 1.73 bits per heavy atom. The van der Waals surface area contributed by atoms with Gasteiger partial charge in [-0.15, -0.1) is 5.73 Å². The molecule has 0 rings (SSSR count). The van der Waals surface area contributed by atoms with E-state index in [4.69, 9.17) is 0 Å². The summed E-state index contributed by atoms with van der Waals surface area (Å²) in [5, 5.41) is 0. The van der Waals surface area contributed by atoms with E-state index in [2.05, 4.69) is 12.3 Å². The van der Waals surface area contributed by atoms with Gasteiger partial charge in [0.15, 0.2) is 5.78 Å². The molecule has 2 nitrogen and oxygen atoms in total. The first kappa shape index (κ1) is 9.73. The van der Waals surface area contributed by atoms with Gasteiger partial charge in [0.1, 0.15) is 0 Å². The SMILES string of the molecule is C=C=CCN(C)/C=C/C(C)=O. The van der Waals surface area contributed by atoms with Gasteiger partial charge in [-0.25, -0.2) is 0 Å². The summed E-state index contributed by atoms with van der Waals surface area (Å²) >= 11 is 0.